The van der Waals surface area contributed by atoms with Gasteiger partial charge in [-0.25, -0.2) is 4.79 Å². The Morgan fingerprint density at radius 1 is 0.900 bits per heavy atom. The number of carbonyl (C=O) groups excluding carboxylic acids is 6. The number of carbonyl (C=O) groups is 6. The summed E-state index contributed by atoms with van der Waals surface area (Å²) in [7, 11) is 0. The second kappa shape index (κ2) is 17.2. The van der Waals surface area contributed by atoms with E-state index in [-0.39, 0.29) is 38.9 Å². The molecular weight excluding hydrogens is 530 g/mol. The molecule has 1 unspecified atom stereocenters. The Morgan fingerprint density at radius 3 is 2.20 bits per heavy atom. The van der Waals surface area contributed by atoms with Crippen molar-refractivity contribution in [2.75, 3.05) is 33.0 Å². The van der Waals surface area contributed by atoms with Crippen LogP contribution in [0.1, 0.15) is 51.9 Å². The second-order valence-corrected chi connectivity index (χ2v) is 9.85. The largest absolute Gasteiger partial charge is 0.391 e. The van der Waals surface area contributed by atoms with Crippen LogP contribution >= 0.6 is 0 Å². The van der Waals surface area contributed by atoms with Gasteiger partial charge in [0, 0.05) is 6.54 Å². The van der Waals surface area contributed by atoms with E-state index < -0.39 is 66.2 Å². The topological polar surface area (TPSA) is 239 Å². The van der Waals surface area contributed by atoms with Gasteiger partial charge in [0.1, 0.15) is 24.7 Å². The lowest BCUT2D eigenvalue weighted by Gasteiger charge is -2.27. The van der Waals surface area contributed by atoms with E-state index in [2.05, 4.69) is 32.1 Å². The fourth-order valence-corrected chi connectivity index (χ4v) is 4.42. The molecule has 2 rings (SSSR count). The summed E-state index contributed by atoms with van der Waals surface area (Å²) in [4.78, 5) is 74.8. The summed E-state index contributed by atoms with van der Waals surface area (Å²) in [6.07, 6.45) is 3.38. The van der Waals surface area contributed by atoms with Crippen molar-refractivity contribution in [3.8, 4) is 0 Å². The third-order valence-electron chi connectivity index (χ3n) is 6.48. The molecule has 0 aromatic heterocycles. The van der Waals surface area contributed by atoms with Gasteiger partial charge in [0.05, 0.1) is 32.3 Å². The third-order valence-corrected chi connectivity index (χ3v) is 6.48. The summed E-state index contributed by atoms with van der Waals surface area (Å²) in [6.45, 7) is 1.30. The van der Waals surface area contributed by atoms with Crippen molar-refractivity contribution in [3.63, 3.8) is 0 Å². The van der Waals surface area contributed by atoms with Crippen molar-refractivity contribution in [1.82, 2.24) is 32.1 Å². The van der Waals surface area contributed by atoms with E-state index in [1.54, 1.807) is 0 Å². The van der Waals surface area contributed by atoms with Crippen LogP contribution in [0.4, 0.5) is 4.79 Å². The van der Waals surface area contributed by atoms with Gasteiger partial charge in [0.25, 0.3) is 11.8 Å². The van der Waals surface area contributed by atoms with E-state index in [1.165, 1.54) is 6.92 Å². The summed E-state index contributed by atoms with van der Waals surface area (Å²) in [5.41, 5.74) is 9.60. The molecule has 16 heteroatoms. The number of hydrogen-bond donors (Lipinski definition) is 8. The van der Waals surface area contributed by atoms with E-state index in [0.29, 0.717) is 6.42 Å². The molecule has 226 valence electrons. The monoisotopic (exact) mass is 571 g/mol. The van der Waals surface area contributed by atoms with Crippen molar-refractivity contribution >= 4 is 35.6 Å². The van der Waals surface area contributed by atoms with Gasteiger partial charge in [0.2, 0.25) is 17.7 Å². The summed E-state index contributed by atoms with van der Waals surface area (Å²) >= 11 is 0. The summed E-state index contributed by atoms with van der Waals surface area (Å²) in [5.74, 6) is -3.65. The first-order chi connectivity index (χ1) is 19.1. The highest BCUT2D eigenvalue weighted by Gasteiger charge is 2.30. The Morgan fingerprint density at radius 2 is 1.55 bits per heavy atom. The molecule has 2 fully saturated rings. The van der Waals surface area contributed by atoms with E-state index in [4.69, 9.17) is 15.2 Å². The zero-order chi connectivity index (χ0) is 29.5. The summed E-state index contributed by atoms with van der Waals surface area (Å²) in [6, 6.07) is -4.94. The maximum atomic E-state index is 13.0. The maximum absolute atomic E-state index is 13.0. The minimum absolute atomic E-state index is 0.0508. The quantitative estimate of drug-likeness (QED) is 0.168. The highest BCUT2D eigenvalue weighted by Crippen LogP contribution is 2.27. The molecule has 0 spiro atoms. The zero-order valence-corrected chi connectivity index (χ0v) is 22.7. The predicted octanol–water partition coefficient (Wildman–Crippen LogP) is -2.96. The molecule has 40 heavy (non-hydrogen) atoms. The fourth-order valence-electron chi connectivity index (χ4n) is 4.42. The molecular formula is C24H41N7O9. The number of nitrogens with two attached hydrogens (primary N) is 1. The molecule has 1 saturated carbocycles. The number of rotatable bonds is 5. The van der Waals surface area contributed by atoms with Crippen LogP contribution in [-0.2, 0) is 33.4 Å². The molecule has 0 aromatic rings. The van der Waals surface area contributed by atoms with Gasteiger partial charge >= 0.3 is 6.03 Å². The molecule has 2 aliphatic rings. The van der Waals surface area contributed by atoms with Gasteiger partial charge in [0.15, 0.2) is 0 Å². The number of nitrogens with one attached hydrogen (secondary N) is 6. The second-order valence-electron chi connectivity index (χ2n) is 9.85. The van der Waals surface area contributed by atoms with Crippen LogP contribution in [0.15, 0.2) is 0 Å². The summed E-state index contributed by atoms with van der Waals surface area (Å²) in [5, 5.41) is 19.6. The molecule has 9 N–H and O–H groups in total. The lowest BCUT2D eigenvalue weighted by atomic mass is 9.84. The molecule has 7 amide bonds. The van der Waals surface area contributed by atoms with Gasteiger partial charge in [-0.15, -0.1) is 0 Å². The Kier molecular flexibility index (Phi) is 14.1. The predicted molar refractivity (Wildman–Crippen MR) is 139 cm³/mol. The Labute approximate surface area is 232 Å². The van der Waals surface area contributed by atoms with Crippen molar-refractivity contribution < 1.29 is 43.3 Å². The summed E-state index contributed by atoms with van der Waals surface area (Å²) < 4.78 is 10.7. The smallest absolute Gasteiger partial charge is 0.316 e. The number of primary amides is 1. The SMILES string of the molecule is CC(O)[C@@H]1NC(=O)N[C@@H](CC(N)=O)C(=O)NNC(=O)[C@H](CC2CCCCC2)NC(=O)COCCOCCNC1=O. The molecule has 1 aliphatic carbocycles. The molecule has 0 bridgehead atoms. The van der Waals surface area contributed by atoms with E-state index in [0.717, 1.165) is 32.1 Å². The van der Waals surface area contributed by atoms with Crippen LogP contribution in [0.25, 0.3) is 0 Å². The van der Waals surface area contributed by atoms with Gasteiger partial charge in [-0.05, 0) is 19.3 Å². The molecule has 16 nitrogen and oxygen atoms in total. The number of aliphatic hydroxyl groups is 1. The number of ether oxygens (including phenoxy) is 2. The number of urea groups is 1. The van der Waals surface area contributed by atoms with Crippen LogP contribution in [-0.4, -0.2) is 97.9 Å². The average molecular weight is 572 g/mol. The van der Waals surface area contributed by atoms with Gasteiger partial charge in [-0.3, -0.25) is 34.8 Å². The average Bonchev–Trinajstić information content (AvgIpc) is 2.90. The molecule has 1 heterocycles. The van der Waals surface area contributed by atoms with E-state index >= 15 is 0 Å². The first-order valence-corrected chi connectivity index (χ1v) is 13.4. The van der Waals surface area contributed by atoms with Crippen molar-refractivity contribution in [1.29, 1.82) is 0 Å². The highest BCUT2D eigenvalue weighted by atomic mass is 16.5. The number of hydrazine groups is 1. The lowest BCUT2D eigenvalue weighted by molar-refractivity contribution is -0.135. The van der Waals surface area contributed by atoms with E-state index in [1.807, 2.05) is 0 Å². The highest BCUT2D eigenvalue weighted by molar-refractivity contribution is 5.94. The van der Waals surface area contributed by atoms with Crippen LogP contribution < -0.4 is 37.9 Å². The first kappa shape index (κ1) is 32.7. The van der Waals surface area contributed by atoms with Gasteiger partial charge in [-0.1, -0.05) is 32.1 Å². The standard InChI is InChI=1S/C24H41N7O9/c1-14(32)20-23(37)26-7-8-39-9-10-40-13-19(34)27-16(11-15-5-3-2-4-6-15)21(35)30-31-22(36)17(12-18(25)33)28-24(38)29-20/h14-17,20,32H,2-13H2,1H3,(H2,25,33)(H,26,37)(H,27,34)(H,30,35)(H,31,36)(H2,28,29,38)/t14?,16-,17-,20-/m0/s1. The molecule has 1 saturated heterocycles. The number of hydrogen-bond acceptors (Lipinski definition) is 9. The van der Waals surface area contributed by atoms with E-state index in [9.17, 15) is 33.9 Å². The Balaban J connectivity index is 2.17. The zero-order valence-electron chi connectivity index (χ0n) is 22.7. The van der Waals surface area contributed by atoms with Crippen LogP contribution in [0, 0.1) is 5.92 Å². The number of amides is 7. The van der Waals surface area contributed by atoms with Crippen molar-refractivity contribution in [2.45, 2.75) is 76.1 Å². The third kappa shape index (κ3) is 12.1. The maximum Gasteiger partial charge on any atom is 0.316 e. The minimum Gasteiger partial charge on any atom is -0.391 e. The Bertz CT molecular complexity index is 896. The number of aliphatic hydroxyl groups excluding tert-OH is 1. The molecule has 0 aromatic carbocycles. The van der Waals surface area contributed by atoms with Gasteiger partial charge < -0.3 is 41.6 Å². The van der Waals surface area contributed by atoms with Crippen molar-refractivity contribution in [2.24, 2.45) is 11.7 Å². The van der Waals surface area contributed by atoms with Gasteiger partial charge in [-0.2, -0.15) is 0 Å². The first-order valence-electron chi connectivity index (χ1n) is 13.4. The lowest BCUT2D eigenvalue weighted by Crippen LogP contribution is -2.60. The minimum atomic E-state index is -1.53. The van der Waals surface area contributed by atoms with Crippen LogP contribution in [0.3, 0.4) is 0 Å². The van der Waals surface area contributed by atoms with Crippen LogP contribution in [0.5, 0.6) is 0 Å². The molecule has 1 aliphatic heterocycles. The molecule has 0 radical (unpaired) electrons. The normalized spacial score (nSPS) is 26.4. The molecule has 4 atom stereocenters. The Hall–Kier alpha value is -3.50. The van der Waals surface area contributed by atoms with Crippen LogP contribution in [0.2, 0.25) is 0 Å². The fraction of sp³-hybridized carbons (Fsp3) is 0.750. The van der Waals surface area contributed by atoms with Crippen molar-refractivity contribution in [3.05, 3.63) is 0 Å².